The molecule has 1 N–H and O–H groups in total. The number of rotatable bonds is 0. The first-order valence-corrected chi connectivity index (χ1v) is 3.89. The van der Waals surface area contributed by atoms with Crippen molar-refractivity contribution in [1.82, 2.24) is 9.71 Å². The summed E-state index contributed by atoms with van der Waals surface area (Å²) in [5.74, 6) is 0.569. The SMILES string of the molecule is On1cccc2cc(Br)nc1-2. The van der Waals surface area contributed by atoms with Gasteiger partial charge in [0, 0.05) is 11.8 Å². The maximum absolute atomic E-state index is 9.22. The van der Waals surface area contributed by atoms with Gasteiger partial charge < -0.3 is 5.21 Å². The normalized spacial score (nSPS) is 10.6. The second-order valence-electron chi connectivity index (χ2n) is 2.21. The Morgan fingerprint density at radius 2 is 2.36 bits per heavy atom. The first kappa shape index (κ1) is 6.67. The van der Waals surface area contributed by atoms with E-state index >= 15 is 0 Å². The van der Waals surface area contributed by atoms with Gasteiger partial charge in [-0.3, -0.25) is 0 Å². The van der Waals surface area contributed by atoms with Crippen molar-refractivity contribution in [1.29, 1.82) is 0 Å². The van der Waals surface area contributed by atoms with Gasteiger partial charge in [0.05, 0.1) is 0 Å². The van der Waals surface area contributed by atoms with Crippen LogP contribution in [0.15, 0.2) is 29.0 Å². The van der Waals surface area contributed by atoms with Crippen molar-refractivity contribution in [2.75, 3.05) is 0 Å². The third-order valence-electron chi connectivity index (χ3n) is 1.47. The molecule has 0 amide bonds. The van der Waals surface area contributed by atoms with Crippen LogP contribution in [0.5, 0.6) is 0 Å². The van der Waals surface area contributed by atoms with Gasteiger partial charge in [-0.15, -0.1) is 0 Å². The highest BCUT2D eigenvalue weighted by Crippen LogP contribution is 2.23. The maximum atomic E-state index is 9.22. The van der Waals surface area contributed by atoms with Gasteiger partial charge in [0.15, 0.2) is 5.82 Å². The van der Waals surface area contributed by atoms with Gasteiger partial charge in [0.25, 0.3) is 0 Å². The van der Waals surface area contributed by atoms with Crippen molar-refractivity contribution in [3.63, 3.8) is 0 Å². The van der Waals surface area contributed by atoms with Crippen LogP contribution in [-0.4, -0.2) is 14.9 Å². The summed E-state index contributed by atoms with van der Waals surface area (Å²) in [4.78, 5) is 4.04. The van der Waals surface area contributed by atoms with E-state index in [1.165, 1.54) is 0 Å². The fraction of sp³-hybridized carbons (Fsp3) is 0. The van der Waals surface area contributed by atoms with E-state index in [2.05, 4.69) is 20.9 Å². The molecule has 0 aromatic rings. The zero-order valence-electron chi connectivity index (χ0n) is 5.53. The second-order valence-corrected chi connectivity index (χ2v) is 3.02. The molecule has 2 aliphatic rings. The first-order valence-electron chi connectivity index (χ1n) is 3.10. The van der Waals surface area contributed by atoms with Crippen LogP contribution in [0, 0.1) is 0 Å². The number of nitrogens with zero attached hydrogens (tertiary/aromatic N) is 2. The molecule has 2 aliphatic heterocycles. The molecule has 56 valence electrons. The summed E-state index contributed by atoms with van der Waals surface area (Å²) >= 11 is 3.22. The highest BCUT2D eigenvalue weighted by atomic mass is 79.9. The molecule has 4 heteroatoms. The van der Waals surface area contributed by atoms with Gasteiger partial charge in [0.1, 0.15) is 4.60 Å². The Kier molecular flexibility index (Phi) is 1.35. The molecule has 11 heavy (non-hydrogen) atoms. The molecule has 0 aromatic carbocycles. The van der Waals surface area contributed by atoms with Gasteiger partial charge in [-0.1, -0.05) is 0 Å². The van der Waals surface area contributed by atoms with E-state index in [1.807, 2.05) is 12.1 Å². The van der Waals surface area contributed by atoms with E-state index in [-0.39, 0.29) is 0 Å². The first-order chi connectivity index (χ1) is 5.27. The molecule has 0 radical (unpaired) electrons. The van der Waals surface area contributed by atoms with Crippen LogP contribution in [0.25, 0.3) is 11.4 Å². The Labute approximate surface area is 71.7 Å². The van der Waals surface area contributed by atoms with Crippen LogP contribution in [0.2, 0.25) is 0 Å². The van der Waals surface area contributed by atoms with E-state index in [0.717, 1.165) is 14.9 Å². The van der Waals surface area contributed by atoms with E-state index < -0.39 is 0 Å². The fourth-order valence-electron chi connectivity index (χ4n) is 0.996. The van der Waals surface area contributed by atoms with Crippen LogP contribution in [0.3, 0.4) is 0 Å². The summed E-state index contributed by atoms with van der Waals surface area (Å²) in [5, 5.41) is 9.22. The number of fused-ring (bicyclic) bond motifs is 1. The van der Waals surface area contributed by atoms with Gasteiger partial charge in [-0.2, -0.15) is 4.73 Å². The standard InChI is InChI=1S/C7H5BrN2O/c8-6-4-5-2-1-3-10(11)7(5)9-6/h1-4,11H. The molecule has 0 saturated carbocycles. The van der Waals surface area contributed by atoms with Crippen LogP contribution in [0.4, 0.5) is 0 Å². The predicted octanol–water partition coefficient (Wildman–Crippen LogP) is 1.99. The fourth-order valence-corrected chi connectivity index (χ4v) is 1.41. The quantitative estimate of drug-likeness (QED) is 0.679. The van der Waals surface area contributed by atoms with E-state index in [9.17, 15) is 5.21 Å². The lowest BCUT2D eigenvalue weighted by molar-refractivity contribution is 0.186. The summed E-state index contributed by atoms with van der Waals surface area (Å²) < 4.78 is 1.74. The lowest BCUT2D eigenvalue weighted by Gasteiger charge is -2.00. The highest BCUT2D eigenvalue weighted by Gasteiger charge is 2.08. The number of hydrogen-bond acceptors (Lipinski definition) is 2. The van der Waals surface area contributed by atoms with Gasteiger partial charge in [0.2, 0.25) is 0 Å². The third-order valence-corrected chi connectivity index (χ3v) is 1.87. The monoisotopic (exact) mass is 212 g/mol. The van der Waals surface area contributed by atoms with Crippen molar-refractivity contribution in [3.8, 4) is 11.4 Å². The molecule has 0 atom stereocenters. The molecule has 2 rings (SSSR count). The minimum absolute atomic E-state index is 0.569. The Hall–Kier alpha value is -1.03. The second kappa shape index (κ2) is 2.23. The molecule has 0 unspecified atom stereocenters. The van der Waals surface area contributed by atoms with Crippen molar-refractivity contribution in [2.45, 2.75) is 0 Å². The number of hydrogen-bond donors (Lipinski definition) is 1. The lowest BCUT2D eigenvalue weighted by atomic mass is 10.3. The molecular formula is C7H5BrN2O. The van der Waals surface area contributed by atoms with Crippen LogP contribution in [-0.2, 0) is 0 Å². The van der Waals surface area contributed by atoms with Crippen molar-refractivity contribution < 1.29 is 5.21 Å². The minimum Gasteiger partial charge on any atom is -0.427 e. The molecule has 3 nitrogen and oxygen atoms in total. The number of pyridine rings is 1. The van der Waals surface area contributed by atoms with Gasteiger partial charge >= 0.3 is 0 Å². The van der Waals surface area contributed by atoms with Crippen LogP contribution < -0.4 is 0 Å². The summed E-state index contributed by atoms with van der Waals surface area (Å²) in [5.41, 5.74) is 0.918. The summed E-state index contributed by atoms with van der Waals surface area (Å²) in [6.45, 7) is 0. The largest absolute Gasteiger partial charge is 0.427 e. The lowest BCUT2D eigenvalue weighted by Crippen LogP contribution is -1.96. The Balaban J connectivity index is 2.78. The summed E-state index contributed by atoms with van der Waals surface area (Å²) in [7, 11) is 0. The van der Waals surface area contributed by atoms with E-state index in [1.54, 1.807) is 12.3 Å². The number of aromatic nitrogens is 2. The molecule has 0 saturated heterocycles. The van der Waals surface area contributed by atoms with Crippen LogP contribution in [0.1, 0.15) is 0 Å². The Bertz CT molecular complexity index is 358. The van der Waals surface area contributed by atoms with E-state index in [0.29, 0.717) is 5.82 Å². The van der Waals surface area contributed by atoms with Gasteiger partial charge in [-0.25, -0.2) is 4.98 Å². The Morgan fingerprint density at radius 3 is 3.09 bits per heavy atom. The van der Waals surface area contributed by atoms with Crippen LogP contribution >= 0.6 is 15.9 Å². The molecule has 0 aliphatic carbocycles. The summed E-state index contributed by atoms with van der Waals surface area (Å²) in [6, 6.07) is 5.50. The highest BCUT2D eigenvalue weighted by molar-refractivity contribution is 9.10. The zero-order valence-corrected chi connectivity index (χ0v) is 7.12. The minimum atomic E-state index is 0.569. The molecular weight excluding hydrogens is 208 g/mol. The number of halogens is 1. The van der Waals surface area contributed by atoms with Crippen molar-refractivity contribution >= 4 is 15.9 Å². The Morgan fingerprint density at radius 1 is 1.55 bits per heavy atom. The van der Waals surface area contributed by atoms with Gasteiger partial charge in [-0.05, 0) is 34.1 Å². The molecule has 2 heterocycles. The maximum Gasteiger partial charge on any atom is 0.176 e. The van der Waals surface area contributed by atoms with Crippen molar-refractivity contribution in [3.05, 3.63) is 29.0 Å². The topological polar surface area (TPSA) is 38.0 Å². The average Bonchev–Trinajstić information content (AvgIpc) is 2.31. The zero-order chi connectivity index (χ0) is 7.84. The molecule has 0 bridgehead atoms. The molecule has 0 aromatic heterocycles. The molecule has 0 spiro atoms. The van der Waals surface area contributed by atoms with E-state index in [4.69, 9.17) is 0 Å². The smallest absolute Gasteiger partial charge is 0.176 e. The predicted molar refractivity (Wildman–Crippen MR) is 43.7 cm³/mol. The van der Waals surface area contributed by atoms with Crippen molar-refractivity contribution in [2.24, 2.45) is 0 Å². The third kappa shape index (κ3) is 0.991. The molecule has 0 fully saturated rings. The average molecular weight is 213 g/mol. The summed E-state index contributed by atoms with van der Waals surface area (Å²) in [6.07, 6.45) is 1.54.